The van der Waals surface area contributed by atoms with Gasteiger partial charge in [0.25, 0.3) is 0 Å². The Balaban J connectivity index is 1.99. The van der Waals surface area contributed by atoms with E-state index in [0.29, 0.717) is 12.1 Å². The van der Waals surface area contributed by atoms with E-state index in [0.717, 1.165) is 24.3 Å². The van der Waals surface area contributed by atoms with Gasteiger partial charge in [-0.2, -0.15) is 0 Å². The molecular weight excluding hydrogens is 198 g/mol. The summed E-state index contributed by atoms with van der Waals surface area (Å²) < 4.78 is 0. The summed E-state index contributed by atoms with van der Waals surface area (Å²) in [5.74, 6) is 2.49. The second-order valence-electron chi connectivity index (χ2n) is 5.79. The number of nitrogens with two attached hydrogens (primary N) is 1. The van der Waals surface area contributed by atoms with Crippen LogP contribution >= 0.6 is 0 Å². The minimum Gasteiger partial charge on any atom is -0.370 e. The zero-order chi connectivity index (χ0) is 11.7. The largest absolute Gasteiger partial charge is 0.370 e. The van der Waals surface area contributed by atoms with Gasteiger partial charge in [-0.15, -0.1) is 0 Å². The first-order valence-electron chi connectivity index (χ1n) is 6.68. The van der Waals surface area contributed by atoms with Crippen LogP contribution in [0.1, 0.15) is 46.5 Å². The molecule has 0 saturated heterocycles. The van der Waals surface area contributed by atoms with E-state index in [9.17, 15) is 0 Å². The molecule has 1 saturated carbocycles. The van der Waals surface area contributed by atoms with Crippen LogP contribution in [0, 0.1) is 11.8 Å². The molecule has 0 bridgehead atoms. The van der Waals surface area contributed by atoms with Gasteiger partial charge >= 0.3 is 0 Å². The Hall–Kier alpha value is -0.730. The van der Waals surface area contributed by atoms with Crippen LogP contribution in [0.3, 0.4) is 0 Å². The smallest absolute Gasteiger partial charge is 0.191 e. The molecular formula is C13H25N3. The predicted molar refractivity (Wildman–Crippen MR) is 68.4 cm³/mol. The summed E-state index contributed by atoms with van der Waals surface area (Å²) >= 11 is 0. The van der Waals surface area contributed by atoms with Gasteiger partial charge in [0.05, 0.1) is 12.6 Å². The van der Waals surface area contributed by atoms with E-state index in [1.54, 1.807) is 0 Å². The van der Waals surface area contributed by atoms with Crippen molar-refractivity contribution >= 4 is 5.96 Å². The number of guanidine groups is 1. The minimum absolute atomic E-state index is 0.482. The fourth-order valence-electron chi connectivity index (χ4n) is 3.22. The number of rotatable bonds is 2. The van der Waals surface area contributed by atoms with Gasteiger partial charge in [0.2, 0.25) is 0 Å². The van der Waals surface area contributed by atoms with Crippen molar-refractivity contribution in [3.05, 3.63) is 0 Å². The molecule has 92 valence electrons. The maximum absolute atomic E-state index is 5.98. The first-order valence-corrected chi connectivity index (χ1v) is 6.68. The van der Waals surface area contributed by atoms with Gasteiger partial charge in [-0.1, -0.05) is 19.8 Å². The summed E-state index contributed by atoms with van der Waals surface area (Å²) in [5.41, 5.74) is 5.98. The molecule has 1 atom stereocenters. The molecule has 0 aromatic carbocycles. The molecule has 0 aromatic rings. The van der Waals surface area contributed by atoms with Gasteiger partial charge < -0.3 is 10.6 Å². The highest BCUT2D eigenvalue weighted by atomic mass is 15.3. The maximum Gasteiger partial charge on any atom is 0.191 e. The quantitative estimate of drug-likeness (QED) is 0.780. The molecule has 0 spiro atoms. The van der Waals surface area contributed by atoms with E-state index in [1.807, 2.05) is 0 Å². The highest BCUT2D eigenvalue weighted by Gasteiger charge is 2.35. The van der Waals surface area contributed by atoms with E-state index in [-0.39, 0.29) is 0 Å². The zero-order valence-corrected chi connectivity index (χ0v) is 10.8. The van der Waals surface area contributed by atoms with Crippen molar-refractivity contribution in [2.45, 2.75) is 58.5 Å². The third-order valence-electron chi connectivity index (χ3n) is 4.22. The monoisotopic (exact) mass is 223 g/mol. The van der Waals surface area contributed by atoms with Gasteiger partial charge in [-0.3, -0.25) is 4.99 Å². The Morgan fingerprint density at radius 3 is 2.44 bits per heavy atom. The van der Waals surface area contributed by atoms with Gasteiger partial charge in [0, 0.05) is 6.04 Å². The lowest BCUT2D eigenvalue weighted by molar-refractivity contribution is 0.160. The van der Waals surface area contributed by atoms with Crippen molar-refractivity contribution in [3.8, 4) is 0 Å². The lowest BCUT2D eigenvalue weighted by atomic mass is 9.79. The summed E-state index contributed by atoms with van der Waals surface area (Å²) in [6, 6.07) is 1.06. The van der Waals surface area contributed by atoms with E-state index in [4.69, 9.17) is 5.73 Å². The van der Waals surface area contributed by atoms with Crippen LogP contribution in [0.2, 0.25) is 0 Å². The molecule has 2 rings (SSSR count). The first-order chi connectivity index (χ1) is 7.59. The van der Waals surface area contributed by atoms with E-state index >= 15 is 0 Å². The molecule has 1 fully saturated rings. The standard InChI is InChI=1S/C13H25N3/c1-9(2)16-12(8-15-13(16)14)11-6-4-10(3)5-7-11/h9-12H,4-8H2,1-3H3,(H2,14,15). The van der Waals surface area contributed by atoms with Gasteiger partial charge in [0.1, 0.15) is 0 Å². The lowest BCUT2D eigenvalue weighted by Crippen LogP contribution is -2.48. The van der Waals surface area contributed by atoms with Crippen LogP contribution < -0.4 is 5.73 Å². The van der Waals surface area contributed by atoms with Crippen molar-refractivity contribution in [1.82, 2.24) is 4.90 Å². The maximum atomic E-state index is 5.98. The van der Waals surface area contributed by atoms with Crippen LogP contribution in [-0.4, -0.2) is 29.5 Å². The summed E-state index contributed by atoms with van der Waals surface area (Å²) in [6.07, 6.45) is 5.48. The van der Waals surface area contributed by atoms with E-state index in [2.05, 4.69) is 30.7 Å². The van der Waals surface area contributed by atoms with Crippen molar-refractivity contribution in [2.75, 3.05) is 6.54 Å². The Morgan fingerprint density at radius 2 is 1.88 bits per heavy atom. The molecule has 2 N–H and O–H groups in total. The molecule has 3 heteroatoms. The topological polar surface area (TPSA) is 41.6 Å². The predicted octanol–water partition coefficient (Wildman–Crippen LogP) is 2.22. The first kappa shape index (κ1) is 11.7. The molecule has 2 aliphatic rings. The van der Waals surface area contributed by atoms with E-state index < -0.39 is 0 Å². The van der Waals surface area contributed by atoms with Crippen molar-refractivity contribution in [1.29, 1.82) is 0 Å². The molecule has 0 radical (unpaired) electrons. The highest BCUT2D eigenvalue weighted by molar-refractivity contribution is 5.80. The molecule has 1 aliphatic heterocycles. The van der Waals surface area contributed by atoms with Crippen molar-refractivity contribution < 1.29 is 0 Å². The molecule has 3 nitrogen and oxygen atoms in total. The number of hydrogen-bond donors (Lipinski definition) is 1. The Kier molecular flexibility index (Phi) is 3.41. The third-order valence-corrected chi connectivity index (χ3v) is 4.22. The Bertz CT molecular complexity index is 264. The Labute approximate surface area is 99.1 Å². The molecule has 0 amide bonds. The summed E-state index contributed by atoms with van der Waals surface area (Å²) in [5, 5.41) is 0. The number of hydrogen-bond acceptors (Lipinski definition) is 3. The fourth-order valence-corrected chi connectivity index (χ4v) is 3.22. The molecule has 16 heavy (non-hydrogen) atoms. The molecule has 0 aromatic heterocycles. The second kappa shape index (κ2) is 4.64. The Morgan fingerprint density at radius 1 is 1.25 bits per heavy atom. The highest BCUT2D eigenvalue weighted by Crippen LogP contribution is 2.34. The summed E-state index contributed by atoms with van der Waals surface area (Å²) in [7, 11) is 0. The van der Waals surface area contributed by atoms with Gasteiger partial charge in [-0.25, -0.2) is 0 Å². The minimum atomic E-state index is 0.482. The van der Waals surface area contributed by atoms with Crippen molar-refractivity contribution in [3.63, 3.8) is 0 Å². The van der Waals surface area contributed by atoms with Gasteiger partial charge in [-0.05, 0) is 38.5 Å². The fraction of sp³-hybridized carbons (Fsp3) is 0.923. The van der Waals surface area contributed by atoms with Crippen LogP contribution in [0.4, 0.5) is 0 Å². The number of aliphatic imine (C=N–C) groups is 1. The summed E-state index contributed by atoms with van der Waals surface area (Å²) in [4.78, 5) is 6.77. The SMILES string of the molecule is CC1CCC(C2CN=C(N)N2C(C)C)CC1. The summed E-state index contributed by atoms with van der Waals surface area (Å²) in [6.45, 7) is 7.72. The van der Waals surface area contributed by atoms with E-state index in [1.165, 1.54) is 25.7 Å². The lowest BCUT2D eigenvalue weighted by Gasteiger charge is -2.38. The van der Waals surface area contributed by atoms with Crippen LogP contribution in [0.5, 0.6) is 0 Å². The van der Waals surface area contributed by atoms with Crippen LogP contribution in [0.25, 0.3) is 0 Å². The number of nitrogens with zero attached hydrogens (tertiary/aromatic N) is 2. The normalized spacial score (nSPS) is 35.6. The van der Waals surface area contributed by atoms with Crippen LogP contribution in [0.15, 0.2) is 4.99 Å². The zero-order valence-electron chi connectivity index (χ0n) is 10.8. The average Bonchev–Trinajstić information content (AvgIpc) is 2.61. The van der Waals surface area contributed by atoms with Crippen molar-refractivity contribution in [2.24, 2.45) is 22.6 Å². The van der Waals surface area contributed by atoms with Crippen LogP contribution in [-0.2, 0) is 0 Å². The molecule has 1 heterocycles. The van der Waals surface area contributed by atoms with Gasteiger partial charge in [0.15, 0.2) is 5.96 Å². The third kappa shape index (κ3) is 2.18. The molecule has 1 aliphatic carbocycles. The average molecular weight is 223 g/mol. The second-order valence-corrected chi connectivity index (χ2v) is 5.79. The molecule has 1 unspecified atom stereocenters.